The van der Waals surface area contributed by atoms with Crippen molar-refractivity contribution < 1.29 is 43.2 Å². The second-order valence-corrected chi connectivity index (χ2v) is 49.3. The van der Waals surface area contributed by atoms with Gasteiger partial charge in [-0.2, -0.15) is 30.2 Å². The number of nitrogens with two attached hydrogens (primary N) is 1. The van der Waals surface area contributed by atoms with Gasteiger partial charge < -0.3 is 104 Å². The number of ether oxygens (including phenoxy) is 5. The molecule has 0 spiro atoms. The number of aryl methyl sites for hydroxylation is 6. The van der Waals surface area contributed by atoms with Crippen molar-refractivity contribution in [1.82, 2.24) is 87.6 Å². The number of aliphatic hydroxyl groups excluding tert-OH is 1. The van der Waals surface area contributed by atoms with Crippen LogP contribution in [0.4, 0.5) is 63.1 Å². The quantitative estimate of drug-likeness (QED) is 0.00660. The Hall–Kier alpha value is -12.5. The Balaban J connectivity index is 0.000000170. The van der Waals surface area contributed by atoms with E-state index in [-0.39, 0.29) is 29.7 Å². The number of nitrogens with one attached hydrogen (secondary N) is 5. The summed E-state index contributed by atoms with van der Waals surface area (Å²) >= 11 is 6.18. The molecule has 3 fully saturated rings. The number of aromatic nitrogens is 15. The van der Waals surface area contributed by atoms with E-state index < -0.39 is 16.1 Å². The van der Waals surface area contributed by atoms with Gasteiger partial charge in [-0.3, -0.25) is 28.4 Å². The summed E-state index contributed by atoms with van der Waals surface area (Å²) in [6.45, 7) is 38.3. The van der Waals surface area contributed by atoms with Crippen molar-refractivity contribution in [1.29, 1.82) is 0 Å². The molecule has 3 aliphatic heterocycles. The molecule has 9 aromatic heterocycles. The first-order valence-electron chi connectivity index (χ1n) is 45.8. The van der Waals surface area contributed by atoms with Crippen LogP contribution in [0.1, 0.15) is 55.2 Å². The van der Waals surface area contributed by atoms with Gasteiger partial charge in [0.1, 0.15) is 54.4 Å². The van der Waals surface area contributed by atoms with Crippen LogP contribution in [0.3, 0.4) is 0 Å². The first-order chi connectivity index (χ1) is 64.8. The van der Waals surface area contributed by atoms with E-state index >= 15 is 0 Å². The van der Waals surface area contributed by atoms with Gasteiger partial charge in [0, 0.05) is 196 Å². The largest absolute Gasteiger partial charge is 0.495 e. The molecule has 36 nitrogen and oxygen atoms in total. The van der Waals surface area contributed by atoms with Gasteiger partial charge in [0.05, 0.1) is 108 Å². The summed E-state index contributed by atoms with van der Waals surface area (Å²) in [4.78, 5) is 78.8. The molecule has 0 unspecified atom stereocenters. The number of nitrogens with zero attached hydrogens (tertiary/aromatic N) is 21. The molecule has 0 atom stereocenters. The Labute approximate surface area is 804 Å². The van der Waals surface area contributed by atoms with Crippen LogP contribution in [0.2, 0.25) is 56.7 Å². The number of anilines is 11. The van der Waals surface area contributed by atoms with E-state index in [2.05, 4.69) is 203 Å². The Kier molecular flexibility index (Phi) is 34.2. The molecule has 3 saturated heterocycles. The molecule has 12 aromatic rings. The fraction of sp³-hybridized carbons (Fsp3) is 0.443. The number of hydrogen-bond acceptors (Lipinski definition) is 27. The topological polar surface area (TPSA) is 369 Å². The first-order valence-corrected chi connectivity index (χ1v) is 53.6. The van der Waals surface area contributed by atoms with Gasteiger partial charge in [0.15, 0.2) is 0 Å². The third-order valence-corrected chi connectivity index (χ3v) is 28.2. The number of halogens is 1. The molecule has 3 aliphatic rings. The highest BCUT2D eigenvalue weighted by atomic mass is 35.5. The van der Waals surface area contributed by atoms with E-state index in [9.17, 15) is 19.5 Å². The zero-order chi connectivity index (χ0) is 98.3. The zero-order valence-corrected chi connectivity index (χ0v) is 85.5. The lowest BCUT2D eigenvalue weighted by Gasteiger charge is -2.37. The minimum Gasteiger partial charge on any atom is -0.495 e. The molecule has 3 aromatic carbocycles. The van der Waals surface area contributed by atoms with Crippen molar-refractivity contribution in [2.75, 3.05) is 163 Å². The summed E-state index contributed by atoms with van der Waals surface area (Å²) in [6.07, 6.45) is 27.1. The lowest BCUT2D eigenvalue weighted by Crippen LogP contribution is -2.42. The van der Waals surface area contributed by atoms with Gasteiger partial charge in [-0.05, 0) is 178 Å². The SMILES string of the molecule is C=CC(=O)Nc1cc(N)c(OC)cc1N1CCC(N(C)C)CC1.C=CC(=O)Nc1cc(Nc2nc(-c3cnn(C)c3)c3c(C)cn(CO)c3n2)c(OC)cc1N1CCC(N(C)C)CC1.C=CC(=O)Nc1cc(Nc2nc(-c3cnn(C)c3)c3c(C)cn(COCC[Si](C)(C)C)c3n2)c(OC)cc1N1CCC(N(C)C)CC1.Cc1cn(COCC[Si](C)(C)C)c2nc(Cl)nc(-c3cnn(C)c3)c12. The normalized spacial score (nSPS) is 14.0. The lowest BCUT2D eigenvalue weighted by atomic mass is 10.0. The molecule has 0 saturated carbocycles. The van der Waals surface area contributed by atoms with Gasteiger partial charge >= 0.3 is 0 Å². The number of carbonyl (C=O) groups excluding carboxylic acids is 3. The van der Waals surface area contributed by atoms with Gasteiger partial charge in [-0.15, -0.1) is 0 Å². The van der Waals surface area contributed by atoms with Crippen molar-refractivity contribution in [2.45, 2.75) is 149 Å². The summed E-state index contributed by atoms with van der Waals surface area (Å²) in [5.41, 5.74) is 22.5. The number of aliphatic hydroxyl groups is 1. The molecule has 136 heavy (non-hydrogen) atoms. The maximum Gasteiger partial charge on any atom is 0.247 e. The maximum atomic E-state index is 12.6. The van der Waals surface area contributed by atoms with Crippen LogP contribution in [0.25, 0.3) is 66.9 Å². The Morgan fingerprint density at radius 2 is 0.779 bits per heavy atom. The van der Waals surface area contributed by atoms with E-state index in [1.165, 1.54) is 18.2 Å². The highest BCUT2D eigenvalue weighted by Crippen LogP contribution is 2.45. The summed E-state index contributed by atoms with van der Waals surface area (Å²) in [5, 5.41) is 41.5. The van der Waals surface area contributed by atoms with Crippen molar-refractivity contribution >= 4 is 142 Å². The van der Waals surface area contributed by atoms with E-state index in [1.807, 2.05) is 105 Å². The second kappa shape index (κ2) is 45.4. The van der Waals surface area contributed by atoms with Crippen molar-refractivity contribution in [3.63, 3.8) is 0 Å². The van der Waals surface area contributed by atoms with Crippen molar-refractivity contribution in [3.8, 4) is 51.0 Å². The average Bonchev–Trinajstić information content (AvgIpc) is 1.46. The summed E-state index contributed by atoms with van der Waals surface area (Å²) in [5.74, 6) is 1.65. The number of piperidine rings is 3. The second-order valence-electron chi connectivity index (χ2n) is 37.7. The zero-order valence-electron chi connectivity index (χ0n) is 82.7. The van der Waals surface area contributed by atoms with E-state index in [1.54, 1.807) is 58.4 Å². The predicted molar refractivity (Wildman–Crippen MR) is 552 cm³/mol. The van der Waals surface area contributed by atoms with Gasteiger partial charge in [-0.25, -0.2) is 15.0 Å². The highest BCUT2D eigenvalue weighted by molar-refractivity contribution is 6.76. The molecular formula is C97H136ClN27O9Si2. The molecule has 8 N–H and O–H groups in total. The van der Waals surface area contributed by atoms with Gasteiger partial charge in [0.25, 0.3) is 0 Å². The number of methoxy groups -OCH3 is 3. The average molecular weight is 1920 g/mol. The van der Waals surface area contributed by atoms with Crippen LogP contribution in [0, 0.1) is 20.8 Å². The molecule has 3 amide bonds. The number of nitrogen functional groups attached to an aromatic ring is 1. The number of carbonyl (C=O) groups is 3. The van der Waals surface area contributed by atoms with Crippen LogP contribution in [0.5, 0.6) is 17.2 Å². The smallest absolute Gasteiger partial charge is 0.247 e. The fourth-order valence-corrected chi connectivity index (χ4v) is 18.7. The standard InChI is InChI=1S/C34H49N9O3Si.C29H37N9O3.C17H24ClN5OSi.C17H26N4O2/c1-10-30(44)36-26-17-27(29(45-6)18-28(26)42-13-11-25(12-14-42)40(3)4)37-34-38-32(24-19-35-41(5)21-24)31-23(2)20-43(33(31)39-34)22-46-15-16-47(7,8)9;1-7-25(40)31-21-12-22(24(41-6)13-23(21)37-10-8-20(9-11-37)35(3)4)32-29-33-27(19-14-30-36(5)16-19)26-18(2)15-38(17-39)28(26)34-29;1-12-9-23(11-24-6-7-25(3,4)5)16-14(12)15(20-17(18)21-16)13-8-19-22(2)10-13;1-5-17(22)19-14-10-13(18)16(23-4)11-15(14)21-8-6-12(7-9-21)20(2)3/h10,17-21,25H,1,11-16,22H2,2-9H3,(H,36,44)(H,37,38,39);7,12-16,20,39H,1,8-11,17H2,2-6H3,(H,31,40)(H,32,33,34);8-10H,6-7,11H2,1-5H3;5,10-12H,1,6-9,18H2,2-4H3,(H,19,22). The lowest BCUT2D eigenvalue weighted by molar-refractivity contribution is -0.112. The minimum absolute atomic E-state index is 0.229. The number of fused-ring (bicyclic) bond motifs is 3. The van der Waals surface area contributed by atoms with Crippen LogP contribution in [-0.2, 0) is 65.2 Å². The predicted octanol–water partition coefficient (Wildman–Crippen LogP) is 15.4. The highest BCUT2D eigenvalue weighted by Gasteiger charge is 2.31. The monoisotopic (exact) mass is 1910 g/mol. The van der Waals surface area contributed by atoms with Crippen LogP contribution in [-0.4, -0.2) is 261 Å². The number of benzene rings is 3. The van der Waals surface area contributed by atoms with E-state index in [0.717, 1.165) is 186 Å². The Morgan fingerprint density at radius 1 is 0.463 bits per heavy atom. The number of amides is 3. The molecule has 15 rings (SSSR count). The Morgan fingerprint density at radius 3 is 1.09 bits per heavy atom. The number of hydrogen-bond donors (Lipinski definition) is 7. The molecule has 0 bridgehead atoms. The first kappa shape index (κ1) is 102. The summed E-state index contributed by atoms with van der Waals surface area (Å²) in [6, 6.07) is 15.1. The molecule has 12 heterocycles. The van der Waals surface area contributed by atoms with Gasteiger partial charge in [-0.1, -0.05) is 59.0 Å². The van der Waals surface area contributed by atoms with Crippen molar-refractivity contribution in [3.05, 3.63) is 152 Å². The molecule has 728 valence electrons. The maximum absolute atomic E-state index is 12.6. The molecule has 39 heteroatoms. The van der Waals surface area contributed by atoms with Crippen LogP contribution in [0.15, 0.2) is 130 Å². The third-order valence-electron chi connectivity index (χ3n) is 24.6. The van der Waals surface area contributed by atoms with E-state index in [4.69, 9.17) is 61.0 Å². The molecule has 0 radical (unpaired) electrons. The number of rotatable bonds is 33. The van der Waals surface area contributed by atoms with Gasteiger partial charge in [0.2, 0.25) is 34.9 Å². The van der Waals surface area contributed by atoms with Crippen LogP contribution >= 0.6 is 11.6 Å². The fourth-order valence-electron chi connectivity index (χ4n) is 17.0. The summed E-state index contributed by atoms with van der Waals surface area (Å²) < 4.78 is 40.0. The minimum atomic E-state index is -1.22. The van der Waals surface area contributed by atoms with E-state index in [0.29, 0.717) is 113 Å². The Bertz CT molecular complexity index is 6210. The van der Waals surface area contributed by atoms with Crippen LogP contribution < -0.4 is 61.2 Å². The third kappa shape index (κ3) is 25.6. The summed E-state index contributed by atoms with van der Waals surface area (Å²) in [7, 11) is 20.8. The molecular weight excluding hydrogens is 1780 g/mol. The van der Waals surface area contributed by atoms with Crippen molar-refractivity contribution in [2.24, 2.45) is 21.1 Å². The molecule has 0 aliphatic carbocycles.